The van der Waals surface area contributed by atoms with Crippen molar-refractivity contribution in [2.45, 2.75) is 38.1 Å². The number of nitrogens with one attached hydrogen (secondary N) is 3. The monoisotopic (exact) mass is 465 g/mol. The number of amides is 3. The first-order valence-electron chi connectivity index (χ1n) is 10.2. The van der Waals surface area contributed by atoms with Crippen LogP contribution in [-0.4, -0.2) is 48.4 Å². The Kier molecular flexibility index (Phi) is 6.15. The molecule has 2 heterocycles. The number of benzene rings is 1. The minimum absolute atomic E-state index is 0.0562. The molecule has 4 rings (SSSR count). The summed E-state index contributed by atoms with van der Waals surface area (Å²) in [6.07, 6.45) is 3.60. The Labute approximate surface area is 184 Å². The Morgan fingerprint density at radius 3 is 2.81 bits per heavy atom. The second-order valence-electron chi connectivity index (χ2n) is 8.09. The van der Waals surface area contributed by atoms with Crippen LogP contribution in [0.4, 0.5) is 9.18 Å². The number of nitrogens with zero attached hydrogens (tertiary/aromatic N) is 2. The molecule has 1 aliphatic heterocycles. The summed E-state index contributed by atoms with van der Waals surface area (Å²) in [7, 11) is -3.77. The fraction of sp³-hybridized carbons (Fsp3) is 0.450. The van der Waals surface area contributed by atoms with Crippen LogP contribution in [0.3, 0.4) is 0 Å². The molecule has 1 aromatic carbocycles. The minimum Gasteiger partial charge on any atom is -0.490 e. The summed E-state index contributed by atoms with van der Waals surface area (Å²) in [5.74, 6) is -0.323. The molecular weight excluding hydrogens is 441 g/mol. The number of ether oxygens (including phenoxy) is 1. The first-order valence-corrected chi connectivity index (χ1v) is 11.9. The Morgan fingerprint density at radius 2 is 2.12 bits per heavy atom. The van der Waals surface area contributed by atoms with Crippen LogP contribution in [0, 0.1) is 11.7 Å². The average Bonchev–Trinajstić information content (AvgIpc) is 3.36. The van der Waals surface area contributed by atoms with E-state index >= 15 is 0 Å². The third kappa shape index (κ3) is 5.62. The van der Waals surface area contributed by atoms with E-state index in [0.29, 0.717) is 23.9 Å². The van der Waals surface area contributed by atoms with Gasteiger partial charge in [-0.15, -0.1) is 0 Å². The van der Waals surface area contributed by atoms with Crippen LogP contribution in [0.1, 0.15) is 42.9 Å². The number of aromatic nitrogens is 2. The number of sulfonamides is 1. The molecule has 32 heavy (non-hydrogen) atoms. The molecule has 1 aromatic heterocycles. The summed E-state index contributed by atoms with van der Waals surface area (Å²) >= 11 is 0. The van der Waals surface area contributed by atoms with Gasteiger partial charge in [-0.3, -0.25) is 10.1 Å². The van der Waals surface area contributed by atoms with Gasteiger partial charge in [0, 0.05) is 12.2 Å². The number of imide groups is 1. The van der Waals surface area contributed by atoms with Crippen molar-refractivity contribution in [3.05, 3.63) is 47.3 Å². The lowest BCUT2D eigenvalue weighted by Crippen LogP contribution is -2.28. The van der Waals surface area contributed by atoms with E-state index in [1.165, 1.54) is 29.3 Å². The number of halogens is 1. The van der Waals surface area contributed by atoms with Crippen LogP contribution < -0.4 is 14.8 Å². The van der Waals surface area contributed by atoms with Crippen molar-refractivity contribution in [1.29, 1.82) is 0 Å². The summed E-state index contributed by atoms with van der Waals surface area (Å²) in [5.41, 5.74) is 0.839. The van der Waals surface area contributed by atoms with E-state index in [2.05, 4.69) is 20.0 Å². The molecule has 1 saturated heterocycles. The molecule has 2 aromatic rings. The smallest absolute Gasteiger partial charge is 0.324 e. The molecule has 0 bridgehead atoms. The maximum absolute atomic E-state index is 14.0. The highest BCUT2D eigenvalue weighted by Gasteiger charge is 2.28. The predicted molar refractivity (Wildman–Crippen MR) is 111 cm³/mol. The van der Waals surface area contributed by atoms with E-state index in [1.54, 1.807) is 6.92 Å². The zero-order chi connectivity index (χ0) is 22.9. The first-order chi connectivity index (χ1) is 15.2. The van der Waals surface area contributed by atoms with Gasteiger partial charge in [-0.05, 0) is 43.4 Å². The highest BCUT2D eigenvalue weighted by atomic mass is 32.2. The van der Waals surface area contributed by atoms with E-state index in [4.69, 9.17) is 4.74 Å². The van der Waals surface area contributed by atoms with Crippen molar-refractivity contribution < 1.29 is 27.1 Å². The zero-order valence-corrected chi connectivity index (χ0v) is 18.2. The minimum atomic E-state index is -3.77. The third-order valence-corrected chi connectivity index (χ3v) is 6.60. The maximum Gasteiger partial charge on any atom is 0.324 e. The van der Waals surface area contributed by atoms with Gasteiger partial charge in [-0.2, -0.15) is 0 Å². The Balaban J connectivity index is 1.36. The first kappa shape index (κ1) is 22.2. The molecule has 10 nitrogen and oxygen atoms in total. The van der Waals surface area contributed by atoms with Crippen LogP contribution >= 0.6 is 0 Å². The van der Waals surface area contributed by atoms with Gasteiger partial charge in [0.25, 0.3) is 0 Å². The van der Waals surface area contributed by atoms with Gasteiger partial charge in [-0.1, -0.05) is 6.07 Å². The molecule has 172 valence electrons. The molecule has 1 saturated carbocycles. The maximum atomic E-state index is 14.0. The molecule has 0 unspecified atom stereocenters. The van der Waals surface area contributed by atoms with Gasteiger partial charge in [0.15, 0.2) is 11.6 Å². The standard InChI is InChI=1S/C20H24FN5O5S/c1-12(14-4-5-16(21)17(6-14)31-10-13-2-3-13)25-32(29,30)11-15-7-22-18(23-15)8-26-9-19(27)24-20(26)28/h4-7,12-13,25H,2-3,8-11H2,1H3,(H,22,23)(H,24,27,28)/t12-/m1/s1. The average molecular weight is 466 g/mol. The number of aromatic amines is 1. The SMILES string of the molecule is C[C@@H](NS(=O)(=O)Cc1c[nH]c(CN2CC(=O)NC2=O)n1)c1ccc(F)c(OCC2CC2)c1. The topological polar surface area (TPSA) is 133 Å². The van der Waals surface area contributed by atoms with Crippen LogP contribution in [0.25, 0.3) is 0 Å². The second-order valence-corrected chi connectivity index (χ2v) is 9.84. The molecule has 3 N–H and O–H groups in total. The second kappa shape index (κ2) is 8.87. The fourth-order valence-electron chi connectivity index (χ4n) is 3.32. The van der Waals surface area contributed by atoms with E-state index in [1.807, 2.05) is 0 Å². The molecule has 1 atom stereocenters. The molecule has 2 aliphatic rings. The summed E-state index contributed by atoms with van der Waals surface area (Å²) in [6.45, 7) is 2.10. The van der Waals surface area contributed by atoms with Crippen molar-refractivity contribution in [3.8, 4) is 5.75 Å². The van der Waals surface area contributed by atoms with Crippen LogP contribution in [0.2, 0.25) is 0 Å². The number of hydrogen-bond acceptors (Lipinski definition) is 6. The van der Waals surface area contributed by atoms with Gasteiger partial charge in [0.2, 0.25) is 15.9 Å². The highest BCUT2D eigenvalue weighted by Crippen LogP contribution is 2.31. The Morgan fingerprint density at radius 1 is 1.34 bits per heavy atom. The quantitative estimate of drug-likeness (QED) is 0.456. The lowest BCUT2D eigenvalue weighted by atomic mass is 10.1. The largest absolute Gasteiger partial charge is 0.490 e. The van der Waals surface area contributed by atoms with Gasteiger partial charge >= 0.3 is 6.03 Å². The van der Waals surface area contributed by atoms with Crippen molar-refractivity contribution >= 4 is 22.0 Å². The summed E-state index contributed by atoms with van der Waals surface area (Å²) in [6, 6.07) is 3.17. The summed E-state index contributed by atoms with van der Waals surface area (Å²) < 4.78 is 47.3. The normalized spacial score (nSPS) is 17.5. The van der Waals surface area contributed by atoms with Crippen molar-refractivity contribution in [3.63, 3.8) is 0 Å². The van der Waals surface area contributed by atoms with Crippen molar-refractivity contribution in [2.75, 3.05) is 13.2 Å². The molecular formula is C20H24FN5O5S. The van der Waals surface area contributed by atoms with Crippen LogP contribution in [-0.2, 0) is 27.1 Å². The van der Waals surface area contributed by atoms with E-state index in [0.717, 1.165) is 12.8 Å². The number of carbonyl (C=O) groups excluding carboxylic acids is 2. The van der Waals surface area contributed by atoms with Crippen molar-refractivity contribution in [1.82, 2.24) is 24.9 Å². The molecule has 2 fully saturated rings. The Hall–Kier alpha value is -2.99. The van der Waals surface area contributed by atoms with Crippen LogP contribution in [0.5, 0.6) is 5.75 Å². The van der Waals surface area contributed by atoms with E-state index in [-0.39, 0.29) is 30.3 Å². The number of rotatable bonds is 10. The highest BCUT2D eigenvalue weighted by molar-refractivity contribution is 7.88. The van der Waals surface area contributed by atoms with Crippen LogP contribution in [0.15, 0.2) is 24.4 Å². The number of H-pyrrole nitrogens is 1. The van der Waals surface area contributed by atoms with Gasteiger partial charge < -0.3 is 14.6 Å². The number of carbonyl (C=O) groups is 2. The third-order valence-electron chi connectivity index (χ3n) is 5.21. The molecule has 12 heteroatoms. The van der Waals surface area contributed by atoms with Crippen molar-refractivity contribution in [2.24, 2.45) is 5.92 Å². The van der Waals surface area contributed by atoms with Gasteiger partial charge in [0.05, 0.1) is 18.8 Å². The number of imidazole rings is 1. The number of hydrogen-bond donors (Lipinski definition) is 3. The Bertz CT molecular complexity index is 1130. The van der Waals surface area contributed by atoms with Gasteiger partial charge in [-0.25, -0.2) is 27.3 Å². The molecule has 3 amide bonds. The zero-order valence-electron chi connectivity index (χ0n) is 17.4. The molecule has 0 spiro atoms. The lowest BCUT2D eigenvalue weighted by Gasteiger charge is -2.16. The van der Waals surface area contributed by atoms with Gasteiger partial charge in [0.1, 0.15) is 18.1 Å². The van der Waals surface area contributed by atoms with E-state index in [9.17, 15) is 22.4 Å². The molecule has 1 aliphatic carbocycles. The predicted octanol–water partition coefficient (Wildman–Crippen LogP) is 1.57. The van der Waals surface area contributed by atoms with E-state index < -0.39 is 33.8 Å². The molecule has 0 radical (unpaired) electrons. The fourth-order valence-corrected chi connectivity index (χ4v) is 4.61. The summed E-state index contributed by atoms with van der Waals surface area (Å²) in [5, 5.41) is 2.16. The summed E-state index contributed by atoms with van der Waals surface area (Å²) in [4.78, 5) is 31.1. The number of urea groups is 1. The lowest BCUT2D eigenvalue weighted by molar-refractivity contribution is -0.118.